The lowest BCUT2D eigenvalue weighted by atomic mass is 10.3. The number of nitrogens with zero attached hydrogens (tertiary/aromatic N) is 1. The average molecular weight is 244 g/mol. The van der Waals surface area contributed by atoms with Gasteiger partial charge < -0.3 is 0 Å². The van der Waals surface area contributed by atoms with Crippen molar-refractivity contribution in [3.8, 4) is 0 Å². The SMILES string of the molecule is CC(=O)NS(=O)(=O)c1cccc([N+](=O)[O-])c1. The molecule has 0 radical (unpaired) electrons. The molecule has 0 bridgehead atoms. The third-order valence-corrected chi connectivity index (χ3v) is 3.05. The predicted octanol–water partition coefficient (Wildman–Crippen LogP) is 0.420. The quantitative estimate of drug-likeness (QED) is 0.612. The van der Waals surface area contributed by atoms with Crippen LogP contribution in [0.1, 0.15) is 6.92 Å². The van der Waals surface area contributed by atoms with Crippen LogP contribution in [0.2, 0.25) is 0 Å². The molecular formula is C8H8N2O5S. The van der Waals surface area contributed by atoms with Crippen LogP contribution in [0.4, 0.5) is 5.69 Å². The summed E-state index contributed by atoms with van der Waals surface area (Å²) in [6.45, 7) is 1.04. The topological polar surface area (TPSA) is 106 Å². The molecule has 1 amide bonds. The molecule has 0 saturated heterocycles. The van der Waals surface area contributed by atoms with Gasteiger partial charge in [-0.3, -0.25) is 14.9 Å². The second-order valence-electron chi connectivity index (χ2n) is 2.92. The van der Waals surface area contributed by atoms with Crippen molar-refractivity contribution in [2.45, 2.75) is 11.8 Å². The van der Waals surface area contributed by atoms with E-state index in [4.69, 9.17) is 0 Å². The smallest absolute Gasteiger partial charge is 0.270 e. The Morgan fingerprint density at radius 2 is 2.06 bits per heavy atom. The van der Waals surface area contributed by atoms with Crippen LogP contribution < -0.4 is 4.72 Å². The highest BCUT2D eigenvalue weighted by molar-refractivity contribution is 7.90. The second-order valence-corrected chi connectivity index (χ2v) is 4.60. The number of carbonyl (C=O) groups excluding carboxylic acids is 1. The Hall–Kier alpha value is -1.96. The van der Waals surface area contributed by atoms with Crippen LogP contribution in [0.15, 0.2) is 29.2 Å². The Labute approximate surface area is 91.3 Å². The number of sulfonamides is 1. The summed E-state index contributed by atoms with van der Waals surface area (Å²) in [4.78, 5) is 20.0. The van der Waals surface area contributed by atoms with Crippen molar-refractivity contribution in [1.29, 1.82) is 0 Å². The summed E-state index contributed by atoms with van der Waals surface area (Å²) < 4.78 is 24.6. The average Bonchev–Trinajstić information content (AvgIpc) is 2.16. The molecule has 0 aliphatic carbocycles. The van der Waals surface area contributed by atoms with Crippen molar-refractivity contribution >= 4 is 21.6 Å². The van der Waals surface area contributed by atoms with Gasteiger partial charge in [-0.05, 0) is 6.07 Å². The third kappa shape index (κ3) is 2.76. The van der Waals surface area contributed by atoms with E-state index in [2.05, 4.69) is 0 Å². The zero-order chi connectivity index (χ0) is 12.3. The number of nitro groups is 1. The highest BCUT2D eigenvalue weighted by atomic mass is 32.2. The highest BCUT2D eigenvalue weighted by Gasteiger charge is 2.18. The molecule has 0 unspecified atom stereocenters. The molecular weight excluding hydrogens is 236 g/mol. The second kappa shape index (κ2) is 4.27. The fourth-order valence-corrected chi connectivity index (χ4v) is 2.04. The number of hydrogen-bond donors (Lipinski definition) is 1. The fraction of sp³-hybridized carbons (Fsp3) is 0.125. The maximum Gasteiger partial charge on any atom is 0.270 e. The number of hydrogen-bond acceptors (Lipinski definition) is 5. The number of nitrogens with one attached hydrogen (secondary N) is 1. The lowest BCUT2D eigenvalue weighted by molar-refractivity contribution is -0.385. The Kier molecular flexibility index (Phi) is 3.23. The van der Waals surface area contributed by atoms with Crippen molar-refractivity contribution in [3.05, 3.63) is 34.4 Å². The van der Waals surface area contributed by atoms with Gasteiger partial charge in [0.2, 0.25) is 5.91 Å². The van der Waals surface area contributed by atoms with Crippen LogP contribution in [0.5, 0.6) is 0 Å². The first-order chi connectivity index (χ1) is 7.33. The van der Waals surface area contributed by atoms with Gasteiger partial charge in [0.05, 0.1) is 9.82 Å². The molecule has 1 aromatic carbocycles. The van der Waals surface area contributed by atoms with Crippen LogP contribution in [0, 0.1) is 10.1 Å². The zero-order valence-electron chi connectivity index (χ0n) is 8.21. The van der Waals surface area contributed by atoms with E-state index in [0.717, 1.165) is 25.1 Å². The summed E-state index contributed by atoms with van der Waals surface area (Å²) in [5.74, 6) is -0.758. The summed E-state index contributed by atoms with van der Waals surface area (Å²) in [5, 5.41) is 10.4. The van der Waals surface area contributed by atoms with E-state index in [1.807, 2.05) is 0 Å². The molecule has 1 rings (SSSR count). The van der Waals surface area contributed by atoms with Crippen molar-refractivity contribution in [1.82, 2.24) is 4.72 Å². The van der Waals surface area contributed by atoms with Crippen LogP contribution in [-0.4, -0.2) is 19.2 Å². The molecule has 0 saturated carbocycles. The van der Waals surface area contributed by atoms with E-state index in [1.54, 1.807) is 4.72 Å². The van der Waals surface area contributed by atoms with Gasteiger partial charge in [-0.2, -0.15) is 0 Å². The van der Waals surface area contributed by atoms with Gasteiger partial charge in [-0.15, -0.1) is 0 Å². The minimum Gasteiger partial charge on any atom is -0.274 e. The summed E-state index contributed by atoms with van der Waals surface area (Å²) >= 11 is 0. The summed E-state index contributed by atoms with van der Waals surface area (Å²) in [7, 11) is -4.02. The van der Waals surface area contributed by atoms with Crippen LogP contribution >= 0.6 is 0 Å². The first-order valence-electron chi connectivity index (χ1n) is 4.11. The third-order valence-electron chi connectivity index (χ3n) is 1.62. The van der Waals surface area contributed by atoms with E-state index in [9.17, 15) is 23.3 Å². The maximum absolute atomic E-state index is 11.5. The molecule has 1 aromatic rings. The molecule has 1 N–H and O–H groups in total. The van der Waals surface area contributed by atoms with E-state index in [1.165, 1.54) is 6.07 Å². The molecule has 7 nitrogen and oxygen atoms in total. The highest BCUT2D eigenvalue weighted by Crippen LogP contribution is 2.16. The first kappa shape index (κ1) is 12.1. The Morgan fingerprint density at radius 1 is 1.44 bits per heavy atom. The Morgan fingerprint density at radius 3 is 2.56 bits per heavy atom. The number of rotatable bonds is 3. The van der Waals surface area contributed by atoms with Crippen LogP contribution in [0.25, 0.3) is 0 Å². The van der Waals surface area contributed by atoms with Crippen molar-refractivity contribution in [2.75, 3.05) is 0 Å². The number of nitro benzene ring substituents is 1. The summed E-state index contributed by atoms with van der Waals surface area (Å²) in [6, 6.07) is 4.43. The summed E-state index contributed by atoms with van der Waals surface area (Å²) in [6.07, 6.45) is 0. The van der Waals surface area contributed by atoms with Gasteiger partial charge in [0.15, 0.2) is 0 Å². The molecule has 0 fully saturated rings. The van der Waals surface area contributed by atoms with Crippen LogP contribution in [0.3, 0.4) is 0 Å². The normalized spacial score (nSPS) is 10.8. The van der Waals surface area contributed by atoms with Gasteiger partial charge in [-0.25, -0.2) is 13.1 Å². The number of benzene rings is 1. The van der Waals surface area contributed by atoms with E-state index in [-0.39, 0.29) is 10.6 Å². The van der Waals surface area contributed by atoms with Crippen LogP contribution in [-0.2, 0) is 14.8 Å². The van der Waals surface area contributed by atoms with E-state index in [0.29, 0.717) is 0 Å². The maximum atomic E-state index is 11.5. The van der Waals surface area contributed by atoms with Gasteiger partial charge in [0, 0.05) is 19.1 Å². The monoisotopic (exact) mass is 244 g/mol. The lowest BCUT2D eigenvalue weighted by Crippen LogP contribution is -2.28. The zero-order valence-corrected chi connectivity index (χ0v) is 9.02. The molecule has 0 aliphatic rings. The Balaban J connectivity index is 3.19. The standard InChI is InChI=1S/C8H8N2O5S/c1-6(11)9-16(14,15)8-4-2-3-7(5-8)10(12)13/h2-5H,1H3,(H,9,11). The lowest BCUT2D eigenvalue weighted by Gasteiger charge is -2.03. The van der Waals surface area contributed by atoms with Crippen molar-refractivity contribution in [3.63, 3.8) is 0 Å². The van der Waals surface area contributed by atoms with Gasteiger partial charge in [0.25, 0.3) is 15.7 Å². The van der Waals surface area contributed by atoms with Gasteiger partial charge in [0.1, 0.15) is 0 Å². The summed E-state index contributed by atoms with van der Waals surface area (Å²) in [5.41, 5.74) is -0.355. The molecule has 0 aromatic heterocycles. The van der Waals surface area contributed by atoms with Crippen molar-refractivity contribution < 1.29 is 18.1 Å². The minimum absolute atomic E-state index is 0.322. The molecule has 0 heterocycles. The first-order valence-corrected chi connectivity index (χ1v) is 5.59. The number of non-ortho nitro benzene ring substituents is 1. The largest absolute Gasteiger partial charge is 0.274 e. The van der Waals surface area contributed by atoms with Crippen molar-refractivity contribution in [2.24, 2.45) is 0 Å². The molecule has 0 aliphatic heterocycles. The predicted molar refractivity (Wildman–Crippen MR) is 54.1 cm³/mol. The Bertz CT molecular complexity index is 537. The molecule has 86 valence electrons. The number of amides is 1. The molecule has 8 heteroatoms. The molecule has 0 spiro atoms. The van der Waals surface area contributed by atoms with Gasteiger partial charge in [-0.1, -0.05) is 6.07 Å². The number of carbonyl (C=O) groups is 1. The van der Waals surface area contributed by atoms with Gasteiger partial charge >= 0.3 is 0 Å². The van der Waals surface area contributed by atoms with E-state index >= 15 is 0 Å². The fourth-order valence-electron chi connectivity index (χ4n) is 1.01. The molecule has 16 heavy (non-hydrogen) atoms. The molecule has 0 atom stereocenters. The minimum atomic E-state index is -4.02. The van der Waals surface area contributed by atoms with E-state index < -0.39 is 20.9 Å².